The second-order valence-corrected chi connectivity index (χ2v) is 8.71. The SMILES string of the molecule is CCC(C)ON=CCc1ccc(OCCCOc2c(Cl)cc(OCC=C(Cl)Cl)cc2Cl)nc1. The normalized spacial score (nSPS) is 11.8. The summed E-state index contributed by atoms with van der Waals surface area (Å²) in [6.07, 6.45) is 7.27. The Balaban J connectivity index is 1.71. The van der Waals surface area contributed by atoms with Crippen LogP contribution in [0.5, 0.6) is 17.4 Å². The Kier molecular flexibility index (Phi) is 12.5. The van der Waals surface area contributed by atoms with Crippen LogP contribution < -0.4 is 14.2 Å². The van der Waals surface area contributed by atoms with Gasteiger partial charge in [0.1, 0.15) is 23.0 Å². The van der Waals surface area contributed by atoms with E-state index >= 15 is 0 Å². The monoisotopic (exact) mass is 534 g/mol. The van der Waals surface area contributed by atoms with Crippen LogP contribution >= 0.6 is 46.4 Å². The van der Waals surface area contributed by atoms with E-state index in [0.29, 0.717) is 53.5 Å². The number of pyridine rings is 1. The number of oxime groups is 1. The van der Waals surface area contributed by atoms with Crippen LogP contribution in [0.15, 0.2) is 46.2 Å². The van der Waals surface area contributed by atoms with E-state index < -0.39 is 0 Å². The van der Waals surface area contributed by atoms with Crippen molar-refractivity contribution in [1.29, 1.82) is 0 Å². The third-order valence-corrected chi connectivity index (χ3v) is 5.13. The Morgan fingerprint density at radius 1 is 1.09 bits per heavy atom. The van der Waals surface area contributed by atoms with E-state index in [1.165, 1.54) is 6.08 Å². The lowest BCUT2D eigenvalue weighted by atomic mass is 10.2. The smallest absolute Gasteiger partial charge is 0.213 e. The molecule has 0 fully saturated rings. The Morgan fingerprint density at radius 3 is 2.45 bits per heavy atom. The molecule has 0 radical (unpaired) electrons. The number of hydrogen-bond donors (Lipinski definition) is 0. The average Bonchev–Trinajstić information content (AvgIpc) is 2.78. The van der Waals surface area contributed by atoms with Gasteiger partial charge in [-0.05, 0) is 25.0 Å². The summed E-state index contributed by atoms with van der Waals surface area (Å²) in [7, 11) is 0. The summed E-state index contributed by atoms with van der Waals surface area (Å²) in [5.41, 5.74) is 1.01. The van der Waals surface area contributed by atoms with Gasteiger partial charge in [0, 0.05) is 43.5 Å². The predicted molar refractivity (Wildman–Crippen MR) is 135 cm³/mol. The fraction of sp³-hybridized carbons (Fsp3) is 0.391. The molecule has 0 saturated carbocycles. The summed E-state index contributed by atoms with van der Waals surface area (Å²) in [5.74, 6) is 1.41. The van der Waals surface area contributed by atoms with Crippen LogP contribution in [-0.4, -0.2) is 37.1 Å². The first-order valence-electron chi connectivity index (χ1n) is 10.4. The van der Waals surface area contributed by atoms with Crippen molar-refractivity contribution in [2.24, 2.45) is 5.16 Å². The van der Waals surface area contributed by atoms with Gasteiger partial charge in [0.2, 0.25) is 5.88 Å². The molecular formula is C23H26Cl4N2O4. The zero-order chi connectivity index (χ0) is 24.1. The molecule has 10 heteroatoms. The molecule has 6 nitrogen and oxygen atoms in total. The van der Waals surface area contributed by atoms with Gasteiger partial charge >= 0.3 is 0 Å². The summed E-state index contributed by atoms with van der Waals surface area (Å²) in [6.45, 7) is 5.02. The third kappa shape index (κ3) is 10.7. The maximum Gasteiger partial charge on any atom is 0.213 e. The van der Waals surface area contributed by atoms with Crippen molar-refractivity contribution in [3.63, 3.8) is 0 Å². The molecule has 1 unspecified atom stereocenters. The maximum atomic E-state index is 6.25. The van der Waals surface area contributed by atoms with Crippen molar-refractivity contribution >= 4 is 52.6 Å². The lowest BCUT2D eigenvalue weighted by Gasteiger charge is -2.12. The van der Waals surface area contributed by atoms with E-state index in [-0.39, 0.29) is 17.2 Å². The molecule has 1 atom stereocenters. The van der Waals surface area contributed by atoms with Crippen LogP contribution in [-0.2, 0) is 11.3 Å². The Bertz CT molecular complexity index is 896. The number of benzene rings is 1. The Hall–Kier alpha value is -1.86. The maximum absolute atomic E-state index is 6.25. The topological polar surface area (TPSA) is 62.2 Å². The summed E-state index contributed by atoms with van der Waals surface area (Å²) < 4.78 is 16.9. The molecule has 0 spiro atoms. The van der Waals surface area contributed by atoms with Crippen molar-refractivity contribution in [2.45, 2.75) is 39.2 Å². The minimum absolute atomic E-state index is 0.114. The van der Waals surface area contributed by atoms with Gasteiger partial charge < -0.3 is 19.0 Å². The van der Waals surface area contributed by atoms with Crippen LogP contribution in [0.4, 0.5) is 0 Å². The molecule has 1 aromatic heterocycles. The summed E-state index contributed by atoms with van der Waals surface area (Å²) in [6, 6.07) is 6.98. The first-order chi connectivity index (χ1) is 15.9. The highest BCUT2D eigenvalue weighted by atomic mass is 35.5. The Labute approximate surface area is 214 Å². The first kappa shape index (κ1) is 27.4. The molecule has 0 aliphatic heterocycles. The second kappa shape index (κ2) is 15.1. The number of ether oxygens (including phenoxy) is 3. The number of halogens is 4. The highest BCUT2D eigenvalue weighted by Crippen LogP contribution is 2.37. The zero-order valence-electron chi connectivity index (χ0n) is 18.4. The van der Waals surface area contributed by atoms with E-state index in [9.17, 15) is 0 Å². The third-order valence-electron chi connectivity index (χ3n) is 4.26. The van der Waals surface area contributed by atoms with Crippen molar-refractivity contribution in [1.82, 2.24) is 4.98 Å². The molecule has 180 valence electrons. The second-order valence-electron chi connectivity index (χ2n) is 6.89. The molecular weight excluding hydrogens is 510 g/mol. The van der Waals surface area contributed by atoms with E-state index in [1.807, 2.05) is 26.0 Å². The molecule has 1 heterocycles. The van der Waals surface area contributed by atoms with Crippen LogP contribution in [0.25, 0.3) is 0 Å². The van der Waals surface area contributed by atoms with Gasteiger partial charge in [-0.1, -0.05) is 64.5 Å². The van der Waals surface area contributed by atoms with Gasteiger partial charge in [-0.2, -0.15) is 0 Å². The number of rotatable bonds is 14. The molecule has 0 saturated heterocycles. The van der Waals surface area contributed by atoms with E-state index in [0.717, 1.165) is 12.0 Å². The molecule has 0 N–H and O–H groups in total. The molecule has 2 rings (SSSR count). The van der Waals surface area contributed by atoms with Gasteiger partial charge in [0.25, 0.3) is 0 Å². The standard InChI is InChI=1S/C23H26Cl4N2O4/c1-3-16(2)33-29-9-7-17-5-6-22(28-15-17)31-10-4-11-32-23-19(24)13-18(14-20(23)25)30-12-8-21(26)27/h5-6,8-9,13-16H,3-4,7,10-12H2,1-2H3. The predicted octanol–water partition coefficient (Wildman–Crippen LogP) is 7.28. The van der Waals surface area contributed by atoms with Gasteiger partial charge in [0.15, 0.2) is 5.75 Å². The lowest BCUT2D eigenvalue weighted by molar-refractivity contribution is 0.0708. The molecule has 0 aliphatic carbocycles. The van der Waals surface area contributed by atoms with Crippen LogP contribution in [0.3, 0.4) is 0 Å². The molecule has 33 heavy (non-hydrogen) atoms. The average molecular weight is 536 g/mol. The highest BCUT2D eigenvalue weighted by Gasteiger charge is 2.11. The van der Waals surface area contributed by atoms with Crippen molar-refractivity contribution in [2.75, 3.05) is 19.8 Å². The minimum Gasteiger partial charge on any atom is -0.490 e. The molecule has 0 bridgehead atoms. The quantitative estimate of drug-likeness (QED) is 0.144. The van der Waals surface area contributed by atoms with Crippen molar-refractivity contribution in [3.05, 3.63) is 56.6 Å². The van der Waals surface area contributed by atoms with E-state index in [2.05, 4.69) is 10.1 Å². The highest BCUT2D eigenvalue weighted by molar-refractivity contribution is 6.55. The fourth-order valence-electron chi connectivity index (χ4n) is 2.35. The minimum atomic E-state index is 0.114. The van der Waals surface area contributed by atoms with Gasteiger partial charge in [-0.15, -0.1) is 0 Å². The van der Waals surface area contributed by atoms with E-state index in [1.54, 1.807) is 24.5 Å². The summed E-state index contributed by atoms with van der Waals surface area (Å²) >= 11 is 23.6. The van der Waals surface area contributed by atoms with Gasteiger partial charge in [0.05, 0.1) is 23.3 Å². The molecule has 2 aromatic rings. The number of hydrogen-bond acceptors (Lipinski definition) is 6. The lowest BCUT2D eigenvalue weighted by Crippen LogP contribution is -2.06. The zero-order valence-corrected chi connectivity index (χ0v) is 21.4. The van der Waals surface area contributed by atoms with Crippen LogP contribution in [0.1, 0.15) is 32.3 Å². The largest absolute Gasteiger partial charge is 0.490 e. The van der Waals surface area contributed by atoms with Gasteiger partial charge in [-0.3, -0.25) is 0 Å². The van der Waals surface area contributed by atoms with E-state index in [4.69, 9.17) is 65.5 Å². The number of nitrogens with zero attached hydrogens (tertiary/aromatic N) is 2. The summed E-state index contributed by atoms with van der Waals surface area (Å²) in [4.78, 5) is 9.56. The van der Waals surface area contributed by atoms with Gasteiger partial charge in [-0.25, -0.2) is 4.98 Å². The molecule has 1 aromatic carbocycles. The van der Waals surface area contributed by atoms with Crippen molar-refractivity contribution < 1.29 is 19.0 Å². The Morgan fingerprint density at radius 2 is 1.82 bits per heavy atom. The van der Waals surface area contributed by atoms with Crippen LogP contribution in [0.2, 0.25) is 10.0 Å². The summed E-state index contributed by atoms with van der Waals surface area (Å²) in [5, 5.41) is 4.64. The number of aromatic nitrogens is 1. The fourth-order valence-corrected chi connectivity index (χ4v) is 3.05. The van der Waals surface area contributed by atoms with Crippen LogP contribution in [0, 0.1) is 0 Å². The molecule has 0 aliphatic rings. The molecule has 0 amide bonds. The first-order valence-corrected chi connectivity index (χ1v) is 11.9. The van der Waals surface area contributed by atoms with Crippen molar-refractivity contribution in [3.8, 4) is 17.4 Å².